The zero-order valence-corrected chi connectivity index (χ0v) is 15.4. The number of ether oxygens (including phenoxy) is 2. The summed E-state index contributed by atoms with van der Waals surface area (Å²) < 4.78 is 11.3. The van der Waals surface area contributed by atoms with Gasteiger partial charge >= 0.3 is 0 Å². The lowest BCUT2D eigenvalue weighted by Crippen LogP contribution is -2.20. The molecule has 2 aromatic carbocycles. The Kier molecular flexibility index (Phi) is 6.37. The van der Waals surface area contributed by atoms with E-state index >= 15 is 0 Å². The van der Waals surface area contributed by atoms with Gasteiger partial charge in [0.25, 0.3) is 5.91 Å². The average Bonchev–Trinajstić information content (AvgIpc) is 2.62. The zero-order valence-electron chi connectivity index (χ0n) is 13.8. The van der Waals surface area contributed by atoms with Crippen molar-refractivity contribution in [2.45, 2.75) is 13.3 Å². The van der Waals surface area contributed by atoms with Crippen LogP contribution in [0, 0.1) is 0 Å². The number of carbonyl (C=O) groups excluding carboxylic acids is 1. The van der Waals surface area contributed by atoms with E-state index in [0.717, 1.165) is 15.7 Å². The van der Waals surface area contributed by atoms with E-state index in [4.69, 9.17) is 9.47 Å². The first-order chi connectivity index (χ1) is 11.6. The Morgan fingerprint density at radius 1 is 1.12 bits per heavy atom. The molecule has 0 radical (unpaired) electrons. The summed E-state index contributed by atoms with van der Waals surface area (Å²) in [5.41, 5.74) is 4.74. The molecule has 24 heavy (non-hydrogen) atoms. The molecule has 126 valence electrons. The molecular weight excluding hydrogens is 372 g/mol. The summed E-state index contributed by atoms with van der Waals surface area (Å²) in [6.45, 7) is 1.97. The minimum atomic E-state index is -0.270. The molecule has 2 aromatic rings. The predicted molar refractivity (Wildman–Crippen MR) is 98.0 cm³/mol. The van der Waals surface area contributed by atoms with E-state index in [0.29, 0.717) is 23.5 Å². The minimum Gasteiger partial charge on any atom is -0.493 e. The molecule has 5 nitrogen and oxygen atoms in total. The van der Waals surface area contributed by atoms with Crippen LogP contribution in [-0.2, 0) is 0 Å². The number of methoxy groups -OCH3 is 2. The van der Waals surface area contributed by atoms with Gasteiger partial charge in [0.05, 0.1) is 25.5 Å². The highest BCUT2D eigenvalue weighted by molar-refractivity contribution is 9.10. The van der Waals surface area contributed by atoms with Crippen molar-refractivity contribution in [2.24, 2.45) is 5.10 Å². The number of nitrogens with one attached hydrogen (secondary N) is 1. The fourth-order valence-corrected chi connectivity index (χ4v) is 2.65. The molecule has 0 aliphatic carbocycles. The summed E-state index contributed by atoms with van der Waals surface area (Å²) in [5, 5.41) is 4.26. The summed E-state index contributed by atoms with van der Waals surface area (Å²) in [5.74, 6) is 0.996. The summed E-state index contributed by atoms with van der Waals surface area (Å²) in [6.07, 6.45) is 0.658. The molecule has 1 amide bonds. The third kappa shape index (κ3) is 4.14. The van der Waals surface area contributed by atoms with Gasteiger partial charge in [-0.05, 0) is 52.7 Å². The Morgan fingerprint density at radius 2 is 1.83 bits per heavy atom. The molecule has 0 aliphatic rings. The first-order valence-electron chi connectivity index (χ1n) is 7.44. The molecule has 6 heteroatoms. The Bertz CT molecular complexity index is 760. The van der Waals surface area contributed by atoms with Gasteiger partial charge in [0.1, 0.15) is 0 Å². The number of halogens is 1. The highest BCUT2D eigenvalue weighted by Crippen LogP contribution is 2.28. The van der Waals surface area contributed by atoms with Gasteiger partial charge in [0, 0.05) is 10.0 Å². The van der Waals surface area contributed by atoms with Crippen LogP contribution in [0.4, 0.5) is 0 Å². The van der Waals surface area contributed by atoms with E-state index in [2.05, 4.69) is 26.5 Å². The second-order valence-corrected chi connectivity index (χ2v) is 5.76. The van der Waals surface area contributed by atoms with Crippen LogP contribution < -0.4 is 14.9 Å². The normalized spacial score (nSPS) is 11.1. The zero-order chi connectivity index (χ0) is 17.5. The van der Waals surface area contributed by atoms with Crippen molar-refractivity contribution < 1.29 is 14.3 Å². The Balaban J connectivity index is 2.23. The van der Waals surface area contributed by atoms with Crippen LogP contribution in [0.25, 0.3) is 0 Å². The van der Waals surface area contributed by atoms with Crippen LogP contribution >= 0.6 is 15.9 Å². The molecule has 0 heterocycles. The fraction of sp³-hybridized carbons (Fsp3) is 0.222. The van der Waals surface area contributed by atoms with Gasteiger partial charge in [0.15, 0.2) is 11.5 Å². The SMILES string of the molecule is CC/C(=N\NC(=O)c1ccccc1Br)c1ccc(OC)c(OC)c1. The van der Waals surface area contributed by atoms with E-state index in [1.165, 1.54) is 0 Å². The number of rotatable bonds is 6. The number of nitrogens with zero attached hydrogens (tertiary/aromatic N) is 1. The second kappa shape index (κ2) is 8.49. The maximum atomic E-state index is 12.2. The smallest absolute Gasteiger partial charge is 0.272 e. The maximum absolute atomic E-state index is 12.2. The highest BCUT2D eigenvalue weighted by atomic mass is 79.9. The molecular formula is C18H19BrN2O3. The molecule has 0 saturated heterocycles. The number of hydrazone groups is 1. The Labute approximate surface area is 149 Å². The van der Waals surface area contributed by atoms with Crippen LogP contribution in [0.15, 0.2) is 52.0 Å². The fourth-order valence-electron chi connectivity index (χ4n) is 2.19. The first-order valence-corrected chi connectivity index (χ1v) is 8.23. The molecule has 0 fully saturated rings. The summed E-state index contributed by atoms with van der Waals surface area (Å²) >= 11 is 3.36. The Hall–Kier alpha value is -2.34. The number of carbonyl (C=O) groups is 1. The van der Waals surface area contributed by atoms with E-state index < -0.39 is 0 Å². The molecule has 0 aromatic heterocycles. The topological polar surface area (TPSA) is 59.9 Å². The third-order valence-electron chi connectivity index (χ3n) is 3.46. The van der Waals surface area contributed by atoms with Crippen LogP contribution in [0.2, 0.25) is 0 Å². The van der Waals surface area contributed by atoms with Crippen molar-refractivity contribution in [3.05, 3.63) is 58.1 Å². The molecule has 0 unspecified atom stereocenters. The van der Waals surface area contributed by atoms with Gasteiger partial charge in [-0.3, -0.25) is 4.79 Å². The van der Waals surface area contributed by atoms with Gasteiger partial charge in [-0.2, -0.15) is 5.10 Å². The molecule has 0 spiro atoms. The van der Waals surface area contributed by atoms with E-state index in [-0.39, 0.29) is 5.91 Å². The summed E-state index contributed by atoms with van der Waals surface area (Å²) in [6, 6.07) is 12.7. The Morgan fingerprint density at radius 3 is 2.46 bits per heavy atom. The van der Waals surface area contributed by atoms with Gasteiger partial charge < -0.3 is 9.47 Å². The maximum Gasteiger partial charge on any atom is 0.272 e. The van der Waals surface area contributed by atoms with Crippen LogP contribution in [-0.4, -0.2) is 25.8 Å². The number of amides is 1. The van der Waals surface area contributed by atoms with Crippen molar-refractivity contribution in [3.63, 3.8) is 0 Å². The van der Waals surface area contributed by atoms with Crippen LogP contribution in [0.3, 0.4) is 0 Å². The number of hydrogen-bond acceptors (Lipinski definition) is 4. The highest BCUT2D eigenvalue weighted by Gasteiger charge is 2.11. The van der Waals surface area contributed by atoms with Crippen LogP contribution in [0.1, 0.15) is 29.3 Å². The van der Waals surface area contributed by atoms with Gasteiger partial charge in [-0.15, -0.1) is 0 Å². The van der Waals surface area contributed by atoms with Gasteiger partial charge in [0.2, 0.25) is 0 Å². The standard InChI is InChI=1S/C18H19BrN2O3/c1-4-15(12-9-10-16(23-2)17(11-12)24-3)20-21-18(22)13-7-5-6-8-14(13)19/h5-11H,4H2,1-3H3,(H,21,22)/b20-15+. The average molecular weight is 391 g/mol. The van der Waals surface area contributed by atoms with Crippen molar-refractivity contribution in [2.75, 3.05) is 14.2 Å². The molecule has 1 N–H and O–H groups in total. The van der Waals surface area contributed by atoms with E-state index in [9.17, 15) is 4.79 Å². The van der Waals surface area contributed by atoms with E-state index in [1.54, 1.807) is 26.4 Å². The molecule has 0 saturated carbocycles. The lowest BCUT2D eigenvalue weighted by Gasteiger charge is -2.11. The quantitative estimate of drug-likeness (QED) is 0.598. The lowest BCUT2D eigenvalue weighted by atomic mass is 10.1. The minimum absolute atomic E-state index is 0.270. The largest absolute Gasteiger partial charge is 0.493 e. The number of benzene rings is 2. The van der Waals surface area contributed by atoms with Gasteiger partial charge in [-0.25, -0.2) is 5.43 Å². The molecule has 0 bridgehead atoms. The lowest BCUT2D eigenvalue weighted by molar-refractivity contribution is 0.0954. The monoisotopic (exact) mass is 390 g/mol. The first kappa shape index (κ1) is 18.0. The van der Waals surface area contributed by atoms with Crippen molar-refractivity contribution in [1.29, 1.82) is 0 Å². The van der Waals surface area contributed by atoms with Gasteiger partial charge in [-0.1, -0.05) is 19.1 Å². The third-order valence-corrected chi connectivity index (χ3v) is 4.15. The molecule has 2 rings (SSSR count). The second-order valence-electron chi connectivity index (χ2n) is 4.90. The van der Waals surface area contributed by atoms with Crippen molar-refractivity contribution in [1.82, 2.24) is 5.43 Å². The summed E-state index contributed by atoms with van der Waals surface area (Å²) in [4.78, 5) is 12.2. The number of hydrogen-bond donors (Lipinski definition) is 1. The van der Waals surface area contributed by atoms with E-state index in [1.807, 2.05) is 37.3 Å². The summed E-state index contributed by atoms with van der Waals surface area (Å²) in [7, 11) is 3.17. The van der Waals surface area contributed by atoms with Crippen molar-refractivity contribution >= 4 is 27.5 Å². The molecule has 0 atom stereocenters. The predicted octanol–water partition coefficient (Wildman–Crippen LogP) is 4.01. The van der Waals surface area contributed by atoms with Crippen LogP contribution in [0.5, 0.6) is 11.5 Å². The van der Waals surface area contributed by atoms with Crippen molar-refractivity contribution in [3.8, 4) is 11.5 Å². The molecule has 0 aliphatic heterocycles.